The predicted octanol–water partition coefficient (Wildman–Crippen LogP) is 1.82. The zero-order chi connectivity index (χ0) is 17.2. The van der Waals surface area contributed by atoms with Gasteiger partial charge >= 0.3 is 11.7 Å². The average molecular weight is 324 g/mol. The van der Waals surface area contributed by atoms with E-state index in [1.54, 1.807) is 6.07 Å². The molecule has 8 nitrogen and oxygen atoms in total. The van der Waals surface area contributed by atoms with Crippen LogP contribution in [0.25, 0.3) is 0 Å². The van der Waals surface area contributed by atoms with Crippen molar-refractivity contribution in [3.63, 3.8) is 0 Å². The molecule has 0 radical (unpaired) electrons. The van der Waals surface area contributed by atoms with Gasteiger partial charge in [-0.2, -0.15) is 0 Å². The molecule has 1 atom stereocenters. The van der Waals surface area contributed by atoms with Crippen LogP contribution in [-0.4, -0.2) is 36.1 Å². The predicted molar refractivity (Wildman–Crippen MR) is 82.1 cm³/mol. The molecule has 0 bridgehead atoms. The van der Waals surface area contributed by atoms with Crippen molar-refractivity contribution in [2.45, 2.75) is 32.7 Å². The molecule has 0 aliphatic rings. The van der Waals surface area contributed by atoms with Gasteiger partial charge in [0.05, 0.1) is 4.92 Å². The number of hydrogen-bond donors (Lipinski definition) is 1. The van der Waals surface area contributed by atoms with E-state index in [0.29, 0.717) is 0 Å². The summed E-state index contributed by atoms with van der Waals surface area (Å²) in [6.07, 6.45) is 1.77. The number of carbonyl (C=O) groups excluding carboxylic acids is 2. The Labute approximate surface area is 133 Å². The molecule has 0 saturated heterocycles. The van der Waals surface area contributed by atoms with Crippen LogP contribution in [-0.2, 0) is 14.3 Å². The lowest BCUT2D eigenvalue weighted by Crippen LogP contribution is -2.36. The molecule has 1 aromatic rings. The minimum absolute atomic E-state index is 0.00872. The molecule has 126 valence electrons. The highest BCUT2D eigenvalue weighted by Crippen LogP contribution is 2.25. The van der Waals surface area contributed by atoms with E-state index in [1.165, 1.54) is 18.2 Å². The van der Waals surface area contributed by atoms with Gasteiger partial charge in [-0.3, -0.25) is 14.9 Å². The van der Waals surface area contributed by atoms with Gasteiger partial charge in [0.1, 0.15) is 0 Å². The molecule has 0 saturated carbocycles. The third kappa shape index (κ3) is 6.77. The number of rotatable bonds is 9. The number of benzene rings is 1. The topological polar surface area (TPSA) is 108 Å². The van der Waals surface area contributed by atoms with Crippen molar-refractivity contribution in [3.05, 3.63) is 34.4 Å². The second-order valence-corrected chi connectivity index (χ2v) is 4.93. The second-order valence-electron chi connectivity index (χ2n) is 4.93. The smallest absolute Gasteiger partial charge is 0.344 e. The molecule has 1 unspecified atom stereocenters. The van der Waals surface area contributed by atoms with Crippen LogP contribution in [0.4, 0.5) is 5.69 Å². The number of esters is 1. The molecular formula is C15H20N2O6. The number of amides is 1. The zero-order valence-electron chi connectivity index (χ0n) is 13.1. The van der Waals surface area contributed by atoms with Crippen molar-refractivity contribution in [3.8, 4) is 5.75 Å². The van der Waals surface area contributed by atoms with Crippen molar-refractivity contribution in [2.75, 3.05) is 13.2 Å². The van der Waals surface area contributed by atoms with Gasteiger partial charge in [0.25, 0.3) is 5.91 Å². The van der Waals surface area contributed by atoms with Gasteiger partial charge in [0.2, 0.25) is 0 Å². The number of hydrogen-bond acceptors (Lipinski definition) is 6. The maximum absolute atomic E-state index is 11.5. The van der Waals surface area contributed by atoms with Crippen LogP contribution >= 0.6 is 0 Å². The standard InChI is InChI=1S/C15H20N2O6/c1-3-6-11(2)16-14(18)9-23-15(19)10-22-13-8-5-4-7-12(13)17(20)21/h4-5,7-8,11H,3,6,9-10H2,1-2H3,(H,16,18). The molecule has 0 heterocycles. The molecule has 8 heteroatoms. The number of nitro groups is 1. The summed E-state index contributed by atoms with van der Waals surface area (Å²) >= 11 is 0. The summed E-state index contributed by atoms with van der Waals surface area (Å²) in [5.74, 6) is -1.21. The van der Waals surface area contributed by atoms with Crippen molar-refractivity contribution >= 4 is 17.6 Å². The fourth-order valence-corrected chi connectivity index (χ4v) is 1.88. The van der Waals surface area contributed by atoms with Gasteiger partial charge in [-0.05, 0) is 19.4 Å². The van der Waals surface area contributed by atoms with E-state index in [-0.39, 0.29) is 17.5 Å². The lowest BCUT2D eigenvalue weighted by molar-refractivity contribution is -0.385. The Bertz CT molecular complexity index is 561. The maximum Gasteiger partial charge on any atom is 0.344 e. The van der Waals surface area contributed by atoms with Crippen molar-refractivity contribution in [2.24, 2.45) is 0 Å². The van der Waals surface area contributed by atoms with E-state index < -0.39 is 30.0 Å². The van der Waals surface area contributed by atoms with Crippen LogP contribution in [0, 0.1) is 10.1 Å². The maximum atomic E-state index is 11.5. The van der Waals surface area contributed by atoms with Gasteiger partial charge in [0, 0.05) is 12.1 Å². The van der Waals surface area contributed by atoms with Crippen LogP contribution in [0.2, 0.25) is 0 Å². The Kier molecular flexibility index (Phi) is 7.52. The molecule has 0 aliphatic heterocycles. The van der Waals surface area contributed by atoms with Gasteiger partial charge in [-0.25, -0.2) is 4.79 Å². The normalized spacial score (nSPS) is 11.4. The molecule has 1 amide bonds. The van der Waals surface area contributed by atoms with Crippen molar-refractivity contribution in [1.82, 2.24) is 5.32 Å². The zero-order valence-corrected chi connectivity index (χ0v) is 13.1. The lowest BCUT2D eigenvalue weighted by atomic mass is 10.2. The fourth-order valence-electron chi connectivity index (χ4n) is 1.88. The summed E-state index contributed by atoms with van der Waals surface area (Å²) in [4.78, 5) is 33.2. The minimum atomic E-state index is -0.776. The van der Waals surface area contributed by atoms with E-state index in [9.17, 15) is 19.7 Å². The monoisotopic (exact) mass is 324 g/mol. The molecule has 0 aliphatic carbocycles. The first kappa shape index (κ1) is 18.4. The highest BCUT2D eigenvalue weighted by molar-refractivity contribution is 5.81. The number of ether oxygens (including phenoxy) is 2. The first-order chi connectivity index (χ1) is 10.9. The van der Waals surface area contributed by atoms with E-state index in [0.717, 1.165) is 12.8 Å². The number of nitrogens with zero attached hydrogens (tertiary/aromatic N) is 1. The van der Waals surface area contributed by atoms with E-state index in [2.05, 4.69) is 5.32 Å². The van der Waals surface area contributed by atoms with E-state index in [4.69, 9.17) is 9.47 Å². The molecule has 0 aromatic heterocycles. The minimum Gasteiger partial charge on any atom is -0.475 e. The van der Waals surface area contributed by atoms with Crippen LogP contribution in [0.1, 0.15) is 26.7 Å². The van der Waals surface area contributed by atoms with Crippen LogP contribution in [0.15, 0.2) is 24.3 Å². The average Bonchev–Trinajstić information content (AvgIpc) is 2.51. The Balaban J connectivity index is 2.38. The van der Waals surface area contributed by atoms with Crippen LogP contribution in [0.5, 0.6) is 5.75 Å². The van der Waals surface area contributed by atoms with Gasteiger partial charge in [-0.1, -0.05) is 25.5 Å². The lowest BCUT2D eigenvalue weighted by Gasteiger charge is -2.12. The molecule has 1 aromatic carbocycles. The van der Waals surface area contributed by atoms with E-state index >= 15 is 0 Å². The Hall–Kier alpha value is -2.64. The Morgan fingerprint density at radius 3 is 2.65 bits per heavy atom. The third-order valence-electron chi connectivity index (χ3n) is 2.90. The van der Waals surface area contributed by atoms with Crippen LogP contribution in [0.3, 0.4) is 0 Å². The SMILES string of the molecule is CCCC(C)NC(=O)COC(=O)COc1ccccc1[N+](=O)[O-]. The van der Waals surface area contributed by atoms with Crippen molar-refractivity contribution < 1.29 is 24.0 Å². The first-order valence-corrected chi connectivity index (χ1v) is 7.25. The van der Waals surface area contributed by atoms with Gasteiger partial charge in [0.15, 0.2) is 19.0 Å². The van der Waals surface area contributed by atoms with Gasteiger partial charge in [-0.15, -0.1) is 0 Å². The highest BCUT2D eigenvalue weighted by Gasteiger charge is 2.16. The molecule has 1 N–H and O–H groups in total. The summed E-state index contributed by atoms with van der Waals surface area (Å²) in [5.41, 5.74) is -0.244. The summed E-state index contributed by atoms with van der Waals surface area (Å²) < 4.78 is 9.82. The highest BCUT2D eigenvalue weighted by atomic mass is 16.6. The van der Waals surface area contributed by atoms with Crippen molar-refractivity contribution in [1.29, 1.82) is 0 Å². The quantitative estimate of drug-likeness (QED) is 0.422. The number of nitrogens with one attached hydrogen (secondary N) is 1. The Morgan fingerprint density at radius 2 is 2.00 bits per heavy atom. The molecule has 0 fully saturated rings. The molecule has 0 spiro atoms. The molecular weight excluding hydrogens is 304 g/mol. The summed E-state index contributed by atoms with van der Waals surface area (Å²) in [5, 5.41) is 13.5. The van der Waals surface area contributed by atoms with Crippen LogP contribution < -0.4 is 10.1 Å². The number of nitro benzene ring substituents is 1. The first-order valence-electron chi connectivity index (χ1n) is 7.25. The molecule has 23 heavy (non-hydrogen) atoms. The number of carbonyl (C=O) groups is 2. The Morgan fingerprint density at radius 1 is 1.30 bits per heavy atom. The third-order valence-corrected chi connectivity index (χ3v) is 2.90. The molecule has 1 rings (SSSR count). The fraction of sp³-hybridized carbons (Fsp3) is 0.467. The summed E-state index contributed by atoms with van der Waals surface area (Å²) in [6.45, 7) is 2.94. The van der Waals surface area contributed by atoms with E-state index in [1.807, 2.05) is 13.8 Å². The summed E-state index contributed by atoms with van der Waals surface area (Å²) in [6, 6.07) is 5.70. The largest absolute Gasteiger partial charge is 0.475 e. The second kappa shape index (κ2) is 9.39. The van der Waals surface area contributed by atoms with Gasteiger partial charge < -0.3 is 14.8 Å². The summed E-state index contributed by atoms with van der Waals surface area (Å²) in [7, 11) is 0. The number of para-hydroxylation sites is 2.